The number of aliphatic carboxylic acids is 1. The Morgan fingerprint density at radius 1 is 0.655 bits per heavy atom. The number of ether oxygens (including phenoxy) is 3. The first-order valence-corrected chi connectivity index (χ1v) is 23.3. The maximum Gasteiger partial charge on any atom is 0.472 e. The molecule has 0 aromatic carbocycles. The van der Waals surface area contributed by atoms with Gasteiger partial charge in [0.2, 0.25) is 0 Å². The lowest BCUT2D eigenvalue weighted by Gasteiger charge is -2.20. The number of nitrogens with two attached hydrogens (primary N) is 1. The zero-order valence-corrected chi connectivity index (χ0v) is 35.4. The minimum absolute atomic E-state index is 0.160. The van der Waals surface area contributed by atoms with Crippen LogP contribution in [0.1, 0.15) is 194 Å². The summed E-state index contributed by atoms with van der Waals surface area (Å²) in [5.41, 5.74) is 5.33. The second-order valence-electron chi connectivity index (χ2n) is 15.2. The molecule has 0 amide bonds. The van der Waals surface area contributed by atoms with Crippen LogP contribution in [-0.4, -0.2) is 72.1 Å². The van der Waals surface area contributed by atoms with Crippen LogP contribution in [0.25, 0.3) is 0 Å². The molecule has 1 heterocycles. The SMILES string of the molecule is CCCCCCCCCCCCCCCCCC(=O)O[C@H](COC(=O)CCCCCCC/C=C\CC1OC1CCCCC)COP(=O)(O)OC[C@H](N)C(=O)O. The fourth-order valence-corrected chi connectivity index (χ4v) is 7.14. The highest BCUT2D eigenvalue weighted by molar-refractivity contribution is 7.47. The van der Waals surface area contributed by atoms with Gasteiger partial charge in [-0.15, -0.1) is 0 Å². The van der Waals surface area contributed by atoms with Crippen LogP contribution >= 0.6 is 7.82 Å². The topological polar surface area (TPSA) is 184 Å². The lowest BCUT2D eigenvalue weighted by Crippen LogP contribution is -2.34. The quantitative estimate of drug-likeness (QED) is 0.0175. The molecule has 322 valence electrons. The number of carbonyl (C=O) groups is 3. The first kappa shape index (κ1) is 51.2. The summed E-state index contributed by atoms with van der Waals surface area (Å²) in [4.78, 5) is 46.0. The number of epoxide rings is 1. The normalized spacial score (nSPS) is 17.5. The second kappa shape index (κ2) is 34.2. The molecule has 0 spiro atoms. The number of carboxylic acids is 1. The van der Waals surface area contributed by atoms with E-state index < -0.39 is 51.1 Å². The molecule has 0 aliphatic carbocycles. The van der Waals surface area contributed by atoms with Crippen molar-refractivity contribution in [1.82, 2.24) is 0 Å². The number of hydrogen-bond acceptors (Lipinski definition) is 10. The number of phosphoric ester groups is 1. The van der Waals surface area contributed by atoms with Crippen molar-refractivity contribution in [2.24, 2.45) is 5.73 Å². The van der Waals surface area contributed by atoms with Crippen LogP contribution in [-0.2, 0) is 42.2 Å². The molecule has 5 atom stereocenters. The van der Waals surface area contributed by atoms with Crippen molar-refractivity contribution in [1.29, 1.82) is 0 Å². The van der Waals surface area contributed by atoms with E-state index in [1.54, 1.807) is 0 Å². The Bertz CT molecular complexity index is 1060. The molecule has 13 heteroatoms. The minimum Gasteiger partial charge on any atom is -0.480 e. The second-order valence-corrected chi connectivity index (χ2v) is 16.7. The van der Waals surface area contributed by atoms with Crippen LogP contribution in [0.5, 0.6) is 0 Å². The average molecular weight is 804 g/mol. The zero-order chi connectivity index (χ0) is 40.4. The summed E-state index contributed by atoms with van der Waals surface area (Å²) in [5, 5.41) is 8.89. The molecular formula is C42H78NO11P. The van der Waals surface area contributed by atoms with E-state index in [0.29, 0.717) is 25.0 Å². The number of unbranched alkanes of at least 4 members (excludes halogenated alkanes) is 21. The predicted octanol–water partition coefficient (Wildman–Crippen LogP) is 10.3. The van der Waals surface area contributed by atoms with E-state index >= 15 is 0 Å². The molecule has 3 unspecified atom stereocenters. The van der Waals surface area contributed by atoms with Gasteiger partial charge in [0.05, 0.1) is 25.4 Å². The van der Waals surface area contributed by atoms with Gasteiger partial charge in [-0.3, -0.25) is 23.4 Å². The molecule has 12 nitrogen and oxygen atoms in total. The van der Waals surface area contributed by atoms with Crippen molar-refractivity contribution in [2.75, 3.05) is 19.8 Å². The smallest absolute Gasteiger partial charge is 0.472 e. The van der Waals surface area contributed by atoms with E-state index in [1.165, 1.54) is 96.3 Å². The number of hydrogen-bond donors (Lipinski definition) is 3. The fourth-order valence-electron chi connectivity index (χ4n) is 6.37. The summed E-state index contributed by atoms with van der Waals surface area (Å²) in [7, 11) is -4.72. The van der Waals surface area contributed by atoms with E-state index in [4.69, 9.17) is 29.6 Å². The molecule has 0 aromatic heterocycles. The van der Waals surface area contributed by atoms with Crippen molar-refractivity contribution in [3.05, 3.63) is 12.2 Å². The van der Waals surface area contributed by atoms with Gasteiger partial charge in [-0.25, -0.2) is 4.57 Å². The van der Waals surface area contributed by atoms with Crippen LogP contribution in [0.3, 0.4) is 0 Å². The van der Waals surface area contributed by atoms with Crippen molar-refractivity contribution < 1.29 is 52.2 Å². The summed E-state index contributed by atoms with van der Waals surface area (Å²) in [6, 6.07) is -1.52. The molecule has 1 aliphatic heterocycles. The monoisotopic (exact) mass is 804 g/mol. The van der Waals surface area contributed by atoms with Gasteiger partial charge in [0.15, 0.2) is 6.10 Å². The molecule has 1 saturated heterocycles. The average Bonchev–Trinajstić information content (AvgIpc) is 3.91. The summed E-state index contributed by atoms with van der Waals surface area (Å²) >= 11 is 0. The Balaban J connectivity index is 2.27. The summed E-state index contributed by atoms with van der Waals surface area (Å²) in [6.45, 7) is 2.77. The van der Waals surface area contributed by atoms with Gasteiger partial charge in [0, 0.05) is 12.8 Å². The molecule has 1 aliphatic rings. The minimum atomic E-state index is -4.72. The van der Waals surface area contributed by atoms with Gasteiger partial charge in [0.25, 0.3) is 0 Å². The highest BCUT2D eigenvalue weighted by Crippen LogP contribution is 2.43. The number of esters is 2. The first-order chi connectivity index (χ1) is 26.6. The van der Waals surface area contributed by atoms with Crippen LogP contribution in [0.15, 0.2) is 12.2 Å². The molecule has 55 heavy (non-hydrogen) atoms. The van der Waals surface area contributed by atoms with Gasteiger partial charge >= 0.3 is 25.7 Å². The lowest BCUT2D eigenvalue weighted by atomic mass is 10.0. The third kappa shape index (κ3) is 31.9. The Morgan fingerprint density at radius 3 is 1.71 bits per heavy atom. The number of allylic oxidation sites excluding steroid dienone is 1. The molecule has 0 saturated carbocycles. The van der Waals surface area contributed by atoms with E-state index in [0.717, 1.165) is 57.8 Å². The van der Waals surface area contributed by atoms with E-state index in [9.17, 15) is 23.8 Å². The highest BCUT2D eigenvalue weighted by Gasteiger charge is 2.36. The largest absolute Gasteiger partial charge is 0.480 e. The summed E-state index contributed by atoms with van der Waals surface area (Å²) in [5.74, 6) is -2.39. The van der Waals surface area contributed by atoms with Gasteiger partial charge in [0.1, 0.15) is 12.6 Å². The Hall–Kier alpha value is -1.82. The van der Waals surface area contributed by atoms with Gasteiger partial charge < -0.3 is 29.9 Å². The molecule has 0 aromatic rings. The van der Waals surface area contributed by atoms with Crippen molar-refractivity contribution in [2.45, 2.75) is 218 Å². The van der Waals surface area contributed by atoms with E-state index in [-0.39, 0.29) is 19.4 Å². The zero-order valence-electron chi connectivity index (χ0n) is 34.5. The van der Waals surface area contributed by atoms with Gasteiger partial charge in [-0.1, -0.05) is 154 Å². The van der Waals surface area contributed by atoms with E-state index in [1.807, 2.05) is 0 Å². The van der Waals surface area contributed by atoms with Crippen LogP contribution in [0.2, 0.25) is 0 Å². The fraction of sp³-hybridized carbons (Fsp3) is 0.881. The molecule has 0 radical (unpaired) electrons. The Labute approximate surface area is 333 Å². The maximum absolute atomic E-state index is 12.6. The van der Waals surface area contributed by atoms with Crippen molar-refractivity contribution in [3.63, 3.8) is 0 Å². The predicted molar refractivity (Wildman–Crippen MR) is 217 cm³/mol. The molecule has 4 N–H and O–H groups in total. The summed E-state index contributed by atoms with van der Waals surface area (Å²) < 4.78 is 38.4. The third-order valence-electron chi connectivity index (χ3n) is 9.94. The number of phosphoric acid groups is 1. The van der Waals surface area contributed by atoms with E-state index in [2.05, 4.69) is 30.5 Å². The highest BCUT2D eigenvalue weighted by atomic mass is 31.2. The lowest BCUT2D eigenvalue weighted by molar-refractivity contribution is -0.161. The number of carboxylic acid groups (broad SMARTS) is 1. The Kier molecular flexibility index (Phi) is 31.9. The molecular weight excluding hydrogens is 725 g/mol. The van der Waals surface area contributed by atoms with Crippen molar-refractivity contribution >= 4 is 25.7 Å². The Morgan fingerprint density at radius 2 is 1.15 bits per heavy atom. The van der Waals surface area contributed by atoms with Gasteiger partial charge in [-0.05, 0) is 38.5 Å². The third-order valence-corrected chi connectivity index (χ3v) is 10.9. The first-order valence-electron chi connectivity index (χ1n) is 21.8. The molecule has 1 rings (SSSR count). The van der Waals surface area contributed by atoms with Crippen LogP contribution in [0, 0.1) is 0 Å². The molecule has 1 fully saturated rings. The summed E-state index contributed by atoms with van der Waals surface area (Å²) in [6.07, 6.45) is 34.4. The molecule has 0 bridgehead atoms. The maximum atomic E-state index is 12.6. The number of rotatable bonds is 40. The van der Waals surface area contributed by atoms with Crippen LogP contribution < -0.4 is 5.73 Å². The van der Waals surface area contributed by atoms with Gasteiger partial charge in [-0.2, -0.15) is 0 Å². The van der Waals surface area contributed by atoms with Crippen molar-refractivity contribution in [3.8, 4) is 0 Å². The standard InChI is InChI=1S/C42H78NO11P/c1-3-5-7-8-9-10-11-12-13-14-15-16-21-24-28-32-41(45)53-36(34-51-55(48,49)52-35-37(43)42(46)47)33-50-40(44)31-27-23-20-18-17-19-22-26-30-39-38(54-39)29-25-6-4-2/h22,26,36-39H,3-21,23-25,27-35,43H2,1-2H3,(H,46,47)(H,48,49)/b26-22-/t36-,37+,38?,39?/m1/s1. The van der Waals surface area contributed by atoms with Crippen LogP contribution in [0.4, 0.5) is 0 Å². The number of carbonyl (C=O) groups excluding carboxylic acids is 2.